The van der Waals surface area contributed by atoms with Crippen LogP contribution in [0.2, 0.25) is 0 Å². The topological polar surface area (TPSA) is 56.4 Å². The third-order valence-corrected chi connectivity index (χ3v) is 6.47. The molecular formula is C15H13F2N3O2S2. The molecule has 1 aromatic carbocycles. The Bertz CT molecular complexity index is 1060. The van der Waals surface area contributed by atoms with Crippen LogP contribution in [0.1, 0.15) is 0 Å². The summed E-state index contributed by atoms with van der Waals surface area (Å²) in [6.07, 6.45) is 0. The molecule has 0 radical (unpaired) electrons. The molecule has 1 N–H and O–H groups in total. The lowest BCUT2D eigenvalue weighted by molar-refractivity contribution is 0.310. The van der Waals surface area contributed by atoms with Crippen LogP contribution in [0.15, 0.2) is 15.7 Å². The number of H-pyrrole nitrogens is 1. The summed E-state index contributed by atoms with van der Waals surface area (Å²) in [6.45, 7) is 2.46. The van der Waals surface area contributed by atoms with Crippen molar-refractivity contribution < 1.29 is 8.78 Å². The highest BCUT2D eigenvalue weighted by Crippen LogP contribution is 2.34. The van der Waals surface area contributed by atoms with Gasteiger partial charge >= 0.3 is 0 Å². The van der Waals surface area contributed by atoms with Gasteiger partial charge in [0.2, 0.25) is 5.43 Å². The molecule has 0 aliphatic carbocycles. The van der Waals surface area contributed by atoms with E-state index < -0.39 is 22.6 Å². The summed E-state index contributed by atoms with van der Waals surface area (Å²) in [5, 5.41) is -0.104. The third kappa shape index (κ3) is 2.27. The maximum atomic E-state index is 15.0. The second kappa shape index (κ2) is 5.61. The van der Waals surface area contributed by atoms with Crippen molar-refractivity contribution in [2.24, 2.45) is 0 Å². The Morgan fingerprint density at radius 3 is 2.58 bits per heavy atom. The molecule has 0 unspecified atom stereocenters. The minimum Gasteiger partial charge on any atom is -0.364 e. The van der Waals surface area contributed by atoms with Crippen LogP contribution in [0.5, 0.6) is 0 Å². The fourth-order valence-electron chi connectivity index (χ4n) is 2.96. The molecule has 0 atom stereocenters. The molecule has 5 nitrogen and oxygen atoms in total. The van der Waals surface area contributed by atoms with Crippen molar-refractivity contribution >= 4 is 48.0 Å². The monoisotopic (exact) mass is 369 g/mol. The number of nitrogens with one attached hydrogen (secondary N) is 1. The zero-order valence-electron chi connectivity index (χ0n) is 12.7. The maximum Gasteiger partial charge on any atom is 0.270 e. The molecule has 0 spiro atoms. The second-order valence-electron chi connectivity index (χ2n) is 5.81. The van der Waals surface area contributed by atoms with E-state index in [2.05, 4.69) is 9.27 Å². The zero-order valence-corrected chi connectivity index (χ0v) is 14.3. The van der Waals surface area contributed by atoms with Gasteiger partial charge in [-0.15, -0.1) is 11.3 Å². The van der Waals surface area contributed by atoms with Gasteiger partial charge in [-0.2, -0.15) is 0 Å². The molecule has 4 rings (SSSR count). The predicted molar refractivity (Wildman–Crippen MR) is 93.7 cm³/mol. The number of rotatable bonds is 1. The Kier molecular flexibility index (Phi) is 3.66. The van der Waals surface area contributed by atoms with E-state index in [1.54, 1.807) is 4.90 Å². The molecule has 9 heteroatoms. The smallest absolute Gasteiger partial charge is 0.270 e. The van der Waals surface area contributed by atoms with Gasteiger partial charge in [-0.25, -0.2) is 8.78 Å². The summed E-state index contributed by atoms with van der Waals surface area (Å²) >= 11 is 2.01. The van der Waals surface area contributed by atoms with Gasteiger partial charge in [-0.3, -0.25) is 14.0 Å². The third-order valence-electron chi connectivity index (χ3n) is 4.30. The largest absolute Gasteiger partial charge is 0.364 e. The highest BCUT2D eigenvalue weighted by Gasteiger charge is 2.25. The number of halogens is 2. The summed E-state index contributed by atoms with van der Waals surface area (Å²) in [5.74, 6) is -1.49. The molecule has 1 aliphatic heterocycles. The zero-order chi connectivity index (χ0) is 17.0. The van der Waals surface area contributed by atoms with E-state index in [1.165, 1.54) is 0 Å². The number of fused-ring (bicyclic) bond motifs is 2. The van der Waals surface area contributed by atoms with Gasteiger partial charge in [-0.05, 0) is 24.6 Å². The highest BCUT2D eigenvalue weighted by molar-refractivity contribution is 7.38. The summed E-state index contributed by atoms with van der Waals surface area (Å²) in [4.78, 5) is 27.9. The van der Waals surface area contributed by atoms with Crippen LogP contribution in [-0.4, -0.2) is 42.5 Å². The van der Waals surface area contributed by atoms with Gasteiger partial charge in [0.05, 0.1) is 4.70 Å². The molecule has 2 aromatic heterocycles. The van der Waals surface area contributed by atoms with Crippen molar-refractivity contribution in [2.45, 2.75) is 0 Å². The molecular weight excluding hydrogens is 356 g/mol. The van der Waals surface area contributed by atoms with Crippen molar-refractivity contribution in [3.05, 3.63) is 38.3 Å². The minimum absolute atomic E-state index is 0.0244. The quantitative estimate of drug-likeness (QED) is 0.715. The van der Waals surface area contributed by atoms with Gasteiger partial charge in [0.25, 0.3) is 5.56 Å². The Morgan fingerprint density at radius 1 is 1.17 bits per heavy atom. The Morgan fingerprint density at radius 2 is 1.88 bits per heavy atom. The van der Waals surface area contributed by atoms with Gasteiger partial charge in [0.15, 0.2) is 5.82 Å². The first-order chi connectivity index (χ1) is 11.5. The van der Waals surface area contributed by atoms with E-state index in [4.69, 9.17) is 0 Å². The van der Waals surface area contributed by atoms with Gasteiger partial charge in [0, 0.05) is 31.6 Å². The standard InChI is InChI=1S/C15H13F2N3O2S2/c1-19-2-4-20(5-3-19)11-8(16)6-7-12(21)9-14(22)18-24-15(9)23-13(7)10(11)17/h6H,2-5H2,1H3,(H,18,22). The van der Waals surface area contributed by atoms with E-state index >= 15 is 4.39 Å². The van der Waals surface area contributed by atoms with Crippen LogP contribution < -0.4 is 15.9 Å². The predicted octanol–water partition coefficient (Wildman–Crippen LogP) is 2.19. The van der Waals surface area contributed by atoms with Gasteiger partial charge < -0.3 is 9.80 Å². The number of piperazine rings is 1. The van der Waals surface area contributed by atoms with Crippen molar-refractivity contribution in [1.82, 2.24) is 9.27 Å². The maximum absolute atomic E-state index is 15.0. The summed E-state index contributed by atoms with van der Waals surface area (Å²) in [7, 11) is 1.96. The number of anilines is 1. The number of benzene rings is 1. The molecule has 3 aromatic rings. The molecule has 1 fully saturated rings. The second-order valence-corrected chi connectivity index (χ2v) is 7.91. The number of hydrogen-bond acceptors (Lipinski definition) is 6. The van der Waals surface area contributed by atoms with Crippen LogP contribution in [0.25, 0.3) is 19.5 Å². The van der Waals surface area contributed by atoms with Crippen LogP contribution in [0.3, 0.4) is 0 Å². The molecule has 0 bridgehead atoms. The average molecular weight is 369 g/mol. The SMILES string of the molecule is CN1CCN(c2c(F)cc3c(=O)c4c(=O)[nH]sc4sc3c2F)CC1. The summed E-state index contributed by atoms with van der Waals surface area (Å²) in [6, 6.07) is 1.06. The lowest BCUT2D eigenvalue weighted by atomic mass is 10.1. The lowest BCUT2D eigenvalue weighted by Gasteiger charge is -2.34. The van der Waals surface area contributed by atoms with E-state index in [0.29, 0.717) is 30.2 Å². The van der Waals surface area contributed by atoms with Gasteiger partial charge in [0.1, 0.15) is 20.9 Å². The van der Waals surface area contributed by atoms with Crippen LogP contribution in [-0.2, 0) is 0 Å². The van der Waals surface area contributed by atoms with E-state index in [1.807, 2.05) is 7.05 Å². The fourth-order valence-corrected chi connectivity index (χ4v) is 5.00. The summed E-state index contributed by atoms with van der Waals surface area (Å²) < 4.78 is 32.6. The summed E-state index contributed by atoms with van der Waals surface area (Å²) in [5.41, 5.74) is -1.22. The van der Waals surface area contributed by atoms with Crippen molar-refractivity contribution in [3.63, 3.8) is 0 Å². The molecule has 1 saturated heterocycles. The van der Waals surface area contributed by atoms with Gasteiger partial charge in [-0.1, -0.05) is 0 Å². The normalized spacial score (nSPS) is 16.4. The first-order valence-corrected chi connectivity index (χ1v) is 9.00. The van der Waals surface area contributed by atoms with Crippen LogP contribution in [0, 0.1) is 11.6 Å². The Balaban J connectivity index is 1.99. The number of hydrogen-bond donors (Lipinski definition) is 1. The van der Waals surface area contributed by atoms with Crippen molar-refractivity contribution in [3.8, 4) is 0 Å². The van der Waals surface area contributed by atoms with E-state index in [0.717, 1.165) is 28.9 Å². The van der Waals surface area contributed by atoms with Crippen LogP contribution in [0.4, 0.5) is 14.5 Å². The minimum atomic E-state index is -0.764. The first-order valence-electron chi connectivity index (χ1n) is 7.37. The number of aromatic amines is 1. The molecule has 0 amide bonds. The average Bonchev–Trinajstić information content (AvgIpc) is 2.92. The first kappa shape index (κ1) is 15.7. The molecule has 3 heterocycles. The Hall–Kier alpha value is -1.84. The number of nitrogens with zero attached hydrogens (tertiary/aromatic N) is 2. The lowest BCUT2D eigenvalue weighted by Crippen LogP contribution is -2.45. The van der Waals surface area contributed by atoms with Crippen LogP contribution >= 0.6 is 22.9 Å². The molecule has 0 saturated carbocycles. The highest BCUT2D eigenvalue weighted by atomic mass is 32.2. The number of likely N-dealkylation sites (N-methyl/N-ethyl adjacent to an activating group) is 1. The molecule has 1 aliphatic rings. The fraction of sp³-hybridized carbons (Fsp3) is 0.333. The number of aromatic nitrogens is 1. The van der Waals surface area contributed by atoms with Crippen molar-refractivity contribution in [1.29, 1.82) is 0 Å². The molecule has 24 heavy (non-hydrogen) atoms. The van der Waals surface area contributed by atoms with E-state index in [-0.39, 0.29) is 21.2 Å². The Labute approximate surface area is 142 Å². The van der Waals surface area contributed by atoms with Crippen molar-refractivity contribution in [2.75, 3.05) is 38.1 Å². The van der Waals surface area contributed by atoms with E-state index in [9.17, 15) is 14.0 Å². The molecule has 126 valence electrons.